The van der Waals surface area contributed by atoms with Gasteiger partial charge in [-0.25, -0.2) is 4.79 Å². The largest absolute Gasteiger partial charge is 0.452 e. The summed E-state index contributed by atoms with van der Waals surface area (Å²) in [5, 5.41) is 19.3. The van der Waals surface area contributed by atoms with Crippen molar-refractivity contribution in [2.75, 3.05) is 18.1 Å². The highest BCUT2D eigenvalue weighted by Gasteiger charge is 2.20. The fourth-order valence-corrected chi connectivity index (χ4v) is 2.49. The molecule has 0 aromatic heterocycles. The minimum absolute atomic E-state index is 0.0849. The molecule has 9 heteroatoms. The van der Waals surface area contributed by atoms with E-state index in [1.54, 1.807) is 30.3 Å². The van der Waals surface area contributed by atoms with Crippen molar-refractivity contribution in [2.45, 2.75) is 6.42 Å². The number of esters is 1. The van der Waals surface area contributed by atoms with Crippen LogP contribution >= 0.6 is 11.6 Å². The molecular formula is C18H14ClN3O5. The SMILES string of the molecule is N#CCCN(C(=O)COC(=O)c1ccc([N+](=O)[O-])cc1Cl)c1ccccc1. The molecule has 0 saturated carbocycles. The number of amides is 1. The zero-order valence-electron chi connectivity index (χ0n) is 14.0. The normalized spacial score (nSPS) is 9.93. The number of benzene rings is 2. The Hall–Kier alpha value is -3.44. The van der Waals surface area contributed by atoms with E-state index in [-0.39, 0.29) is 29.2 Å². The van der Waals surface area contributed by atoms with Gasteiger partial charge in [0.2, 0.25) is 0 Å². The van der Waals surface area contributed by atoms with E-state index >= 15 is 0 Å². The van der Waals surface area contributed by atoms with Crippen LogP contribution in [0.2, 0.25) is 5.02 Å². The molecule has 0 aliphatic carbocycles. The van der Waals surface area contributed by atoms with Crippen LogP contribution in [0.25, 0.3) is 0 Å². The zero-order valence-corrected chi connectivity index (χ0v) is 14.8. The number of ether oxygens (including phenoxy) is 1. The second kappa shape index (κ2) is 9.31. The molecule has 0 aliphatic heterocycles. The number of non-ortho nitro benzene ring substituents is 1. The third kappa shape index (κ3) is 5.26. The quantitative estimate of drug-likeness (QED) is 0.409. The third-order valence-corrected chi connectivity index (χ3v) is 3.84. The number of hydrogen-bond acceptors (Lipinski definition) is 6. The van der Waals surface area contributed by atoms with Gasteiger partial charge in [0.05, 0.1) is 28.0 Å². The number of nitriles is 1. The fourth-order valence-electron chi connectivity index (χ4n) is 2.23. The number of carbonyl (C=O) groups excluding carboxylic acids is 2. The van der Waals surface area contributed by atoms with E-state index in [0.29, 0.717) is 5.69 Å². The van der Waals surface area contributed by atoms with Crippen LogP contribution in [0.1, 0.15) is 16.8 Å². The molecule has 0 saturated heterocycles. The minimum atomic E-state index is -0.878. The van der Waals surface area contributed by atoms with E-state index < -0.39 is 23.4 Å². The topological polar surface area (TPSA) is 114 Å². The van der Waals surface area contributed by atoms with Gasteiger partial charge in [-0.1, -0.05) is 29.8 Å². The van der Waals surface area contributed by atoms with Crippen LogP contribution < -0.4 is 4.90 Å². The number of nitro groups is 1. The summed E-state index contributed by atoms with van der Waals surface area (Å²) in [7, 11) is 0. The second-order valence-corrected chi connectivity index (χ2v) is 5.69. The van der Waals surface area contributed by atoms with Crippen molar-refractivity contribution < 1.29 is 19.2 Å². The summed E-state index contributed by atoms with van der Waals surface area (Å²) in [4.78, 5) is 36.0. The first-order valence-corrected chi connectivity index (χ1v) is 8.15. The lowest BCUT2D eigenvalue weighted by Gasteiger charge is -2.21. The van der Waals surface area contributed by atoms with Crippen molar-refractivity contribution >= 4 is 34.9 Å². The molecule has 2 rings (SSSR count). The minimum Gasteiger partial charge on any atom is -0.452 e. The van der Waals surface area contributed by atoms with Gasteiger partial charge in [-0.05, 0) is 18.2 Å². The molecule has 0 atom stereocenters. The van der Waals surface area contributed by atoms with E-state index in [9.17, 15) is 19.7 Å². The molecule has 8 nitrogen and oxygen atoms in total. The van der Waals surface area contributed by atoms with Gasteiger partial charge < -0.3 is 9.64 Å². The Kier molecular flexibility index (Phi) is 6.86. The number of anilines is 1. The Morgan fingerprint density at radius 1 is 1.22 bits per heavy atom. The smallest absolute Gasteiger partial charge is 0.340 e. The van der Waals surface area contributed by atoms with Crippen LogP contribution in [0.5, 0.6) is 0 Å². The van der Waals surface area contributed by atoms with Gasteiger partial charge in [0.25, 0.3) is 11.6 Å². The molecular weight excluding hydrogens is 374 g/mol. The van der Waals surface area contributed by atoms with Gasteiger partial charge in [0.15, 0.2) is 6.61 Å². The maximum atomic E-state index is 12.4. The second-order valence-electron chi connectivity index (χ2n) is 5.29. The number of nitrogens with zero attached hydrogens (tertiary/aromatic N) is 3. The van der Waals surface area contributed by atoms with Crippen molar-refractivity contribution in [1.29, 1.82) is 5.26 Å². The Morgan fingerprint density at radius 3 is 2.52 bits per heavy atom. The molecule has 0 bridgehead atoms. The Morgan fingerprint density at radius 2 is 1.93 bits per heavy atom. The lowest BCUT2D eigenvalue weighted by atomic mass is 10.2. The highest BCUT2D eigenvalue weighted by molar-refractivity contribution is 6.33. The maximum Gasteiger partial charge on any atom is 0.340 e. The van der Waals surface area contributed by atoms with Gasteiger partial charge in [-0.2, -0.15) is 5.26 Å². The Bertz CT molecular complexity index is 896. The van der Waals surface area contributed by atoms with Gasteiger partial charge in [0, 0.05) is 24.4 Å². The van der Waals surface area contributed by atoms with E-state index in [0.717, 1.165) is 18.2 Å². The number of rotatable bonds is 7. The molecule has 0 radical (unpaired) electrons. The van der Waals surface area contributed by atoms with Crippen LogP contribution in [-0.4, -0.2) is 30.0 Å². The molecule has 0 aliphatic rings. The number of hydrogen-bond donors (Lipinski definition) is 0. The first kappa shape index (κ1) is 19.9. The standard InChI is InChI=1S/C18H14ClN3O5/c19-16-11-14(22(25)26)7-8-15(16)18(24)27-12-17(23)21(10-4-9-20)13-5-2-1-3-6-13/h1-3,5-8,11H,4,10,12H2. The van der Waals surface area contributed by atoms with Crippen LogP contribution in [0.3, 0.4) is 0 Å². The van der Waals surface area contributed by atoms with Gasteiger partial charge in [-0.3, -0.25) is 14.9 Å². The van der Waals surface area contributed by atoms with E-state index in [1.807, 2.05) is 6.07 Å². The van der Waals surface area contributed by atoms with Gasteiger partial charge in [-0.15, -0.1) is 0 Å². The van der Waals surface area contributed by atoms with Crippen molar-refractivity contribution in [2.24, 2.45) is 0 Å². The molecule has 0 heterocycles. The van der Waals surface area contributed by atoms with E-state index in [4.69, 9.17) is 21.6 Å². The molecule has 138 valence electrons. The Balaban J connectivity index is 2.07. The number of halogens is 1. The van der Waals surface area contributed by atoms with Crippen LogP contribution in [0.15, 0.2) is 48.5 Å². The van der Waals surface area contributed by atoms with Crippen molar-refractivity contribution in [1.82, 2.24) is 0 Å². The molecule has 0 unspecified atom stereocenters. The third-order valence-electron chi connectivity index (χ3n) is 3.53. The highest BCUT2D eigenvalue weighted by Crippen LogP contribution is 2.23. The molecule has 2 aromatic carbocycles. The van der Waals surface area contributed by atoms with Crippen LogP contribution in [-0.2, 0) is 9.53 Å². The molecule has 0 spiro atoms. The molecule has 1 amide bonds. The molecule has 27 heavy (non-hydrogen) atoms. The summed E-state index contributed by atoms with van der Waals surface area (Å²) in [5.74, 6) is -1.39. The summed E-state index contributed by atoms with van der Waals surface area (Å²) >= 11 is 5.87. The fraction of sp³-hybridized carbons (Fsp3) is 0.167. The van der Waals surface area contributed by atoms with Crippen LogP contribution in [0, 0.1) is 21.4 Å². The maximum absolute atomic E-state index is 12.4. The molecule has 2 aromatic rings. The van der Waals surface area contributed by atoms with Crippen molar-refractivity contribution in [3.63, 3.8) is 0 Å². The summed E-state index contributed by atoms with van der Waals surface area (Å²) in [6.07, 6.45) is 0.114. The molecule has 0 fully saturated rings. The number of para-hydroxylation sites is 1. The van der Waals surface area contributed by atoms with Crippen molar-refractivity contribution in [3.05, 3.63) is 69.2 Å². The highest BCUT2D eigenvalue weighted by atomic mass is 35.5. The zero-order chi connectivity index (χ0) is 19.8. The summed E-state index contributed by atoms with van der Waals surface area (Å²) < 4.78 is 4.99. The first-order chi connectivity index (χ1) is 12.9. The van der Waals surface area contributed by atoms with E-state index in [2.05, 4.69) is 0 Å². The average molecular weight is 388 g/mol. The number of nitro benzene ring substituents is 1. The molecule has 0 N–H and O–H groups in total. The first-order valence-electron chi connectivity index (χ1n) is 7.77. The lowest BCUT2D eigenvalue weighted by Crippen LogP contribution is -2.35. The average Bonchev–Trinajstić information content (AvgIpc) is 2.67. The number of carbonyl (C=O) groups is 2. The predicted octanol–water partition coefficient (Wildman–Crippen LogP) is 3.35. The summed E-state index contributed by atoms with van der Waals surface area (Å²) in [6, 6.07) is 13.9. The lowest BCUT2D eigenvalue weighted by molar-refractivity contribution is -0.384. The predicted molar refractivity (Wildman–Crippen MR) is 97.4 cm³/mol. The van der Waals surface area contributed by atoms with Gasteiger partial charge >= 0.3 is 5.97 Å². The van der Waals surface area contributed by atoms with Crippen LogP contribution in [0.4, 0.5) is 11.4 Å². The summed E-state index contributed by atoms with van der Waals surface area (Å²) in [5.41, 5.74) is 0.222. The summed E-state index contributed by atoms with van der Waals surface area (Å²) in [6.45, 7) is -0.415. The van der Waals surface area contributed by atoms with Crippen molar-refractivity contribution in [3.8, 4) is 6.07 Å². The monoisotopic (exact) mass is 387 g/mol. The Labute approximate surface area is 159 Å². The van der Waals surface area contributed by atoms with Gasteiger partial charge in [0.1, 0.15) is 0 Å². The van der Waals surface area contributed by atoms with E-state index in [1.165, 1.54) is 4.90 Å².